The van der Waals surface area contributed by atoms with E-state index >= 15 is 0 Å². The van der Waals surface area contributed by atoms with Gasteiger partial charge in [0.25, 0.3) is 0 Å². The van der Waals surface area contributed by atoms with Gasteiger partial charge >= 0.3 is 5.97 Å². The van der Waals surface area contributed by atoms with Gasteiger partial charge in [0.2, 0.25) is 0 Å². The topological polar surface area (TPSA) is 26.3 Å². The highest BCUT2D eigenvalue weighted by atomic mass is 16.5. The predicted molar refractivity (Wildman–Crippen MR) is 61.7 cm³/mol. The first-order chi connectivity index (χ1) is 7.40. The van der Waals surface area contributed by atoms with Crippen LogP contribution in [0, 0.1) is 22.2 Å². The minimum Gasteiger partial charge on any atom is -0.459 e. The second-order valence-electron chi connectivity index (χ2n) is 6.46. The van der Waals surface area contributed by atoms with Crippen LogP contribution in [0.2, 0.25) is 0 Å². The Balaban J connectivity index is 1.88. The SMILES string of the molecule is C=CC(=O)OC1CC2C3(C)CCC1(C)C23C. The van der Waals surface area contributed by atoms with Crippen molar-refractivity contribution >= 4 is 5.97 Å². The summed E-state index contributed by atoms with van der Waals surface area (Å²) in [5.74, 6) is 0.506. The fourth-order valence-corrected chi connectivity index (χ4v) is 5.08. The van der Waals surface area contributed by atoms with Crippen LogP contribution in [-0.4, -0.2) is 12.1 Å². The van der Waals surface area contributed by atoms with Crippen LogP contribution in [0.1, 0.15) is 40.0 Å². The van der Waals surface area contributed by atoms with Gasteiger partial charge in [-0.2, -0.15) is 0 Å². The predicted octanol–water partition coefficient (Wildman–Crippen LogP) is 2.93. The lowest BCUT2D eigenvalue weighted by molar-refractivity contribution is -0.150. The highest BCUT2D eigenvalue weighted by Crippen LogP contribution is 2.89. The van der Waals surface area contributed by atoms with Gasteiger partial charge in [-0.05, 0) is 36.0 Å². The Labute approximate surface area is 97.1 Å². The first-order valence-electron chi connectivity index (χ1n) is 6.23. The number of carbonyl (C=O) groups excluding carboxylic acids is 1. The lowest BCUT2D eigenvalue weighted by Crippen LogP contribution is -2.36. The van der Waals surface area contributed by atoms with Gasteiger partial charge in [0, 0.05) is 11.5 Å². The van der Waals surface area contributed by atoms with Crippen LogP contribution < -0.4 is 0 Å². The van der Waals surface area contributed by atoms with E-state index in [4.69, 9.17) is 4.74 Å². The molecule has 0 aliphatic heterocycles. The summed E-state index contributed by atoms with van der Waals surface area (Å²) in [4.78, 5) is 11.4. The van der Waals surface area contributed by atoms with Gasteiger partial charge in [-0.3, -0.25) is 0 Å². The molecule has 0 aromatic rings. The van der Waals surface area contributed by atoms with Crippen molar-refractivity contribution in [1.29, 1.82) is 0 Å². The number of hydrogen-bond donors (Lipinski definition) is 0. The molecule has 0 bridgehead atoms. The molecule has 0 aromatic heterocycles. The summed E-state index contributed by atoms with van der Waals surface area (Å²) in [7, 11) is 0. The molecule has 3 fully saturated rings. The van der Waals surface area contributed by atoms with Crippen molar-refractivity contribution < 1.29 is 9.53 Å². The minimum atomic E-state index is -0.260. The third-order valence-corrected chi connectivity index (χ3v) is 6.50. The van der Waals surface area contributed by atoms with E-state index in [9.17, 15) is 4.79 Å². The first-order valence-corrected chi connectivity index (χ1v) is 6.23. The van der Waals surface area contributed by atoms with Crippen LogP contribution in [0.4, 0.5) is 0 Å². The molecular weight excluding hydrogens is 200 g/mol. The molecule has 0 N–H and O–H groups in total. The van der Waals surface area contributed by atoms with Crippen molar-refractivity contribution in [2.24, 2.45) is 22.2 Å². The molecule has 0 heterocycles. The summed E-state index contributed by atoms with van der Waals surface area (Å²) < 4.78 is 5.55. The number of ether oxygens (including phenoxy) is 1. The molecule has 0 amide bonds. The van der Waals surface area contributed by atoms with E-state index in [-0.39, 0.29) is 17.5 Å². The van der Waals surface area contributed by atoms with Gasteiger partial charge < -0.3 is 4.74 Å². The summed E-state index contributed by atoms with van der Waals surface area (Å²) in [6, 6.07) is 0. The van der Waals surface area contributed by atoms with E-state index in [1.807, 2.05) is 0 Å². The lowest BCUT2D eigenvalue weighted by Gasteiger charge is -2.35. The molecule has 0 radical (unpaired) electrons. The van der Waals surface area contributed by atoms with Crippen LogP contribution in [0.25, 0.3) is 0 Å². The Bertz CT molecular complexity index is 388. The van der Waals surface area contributed by atoms with Gasteiger partial charge in [0.1, 0.15) is 6.10 Å². The molecule has 5 atom stereocenters. The molecule has 5 unspecified atom stereocenters. The van der Waals surface area contributed by atoms with Gasteiger partial charge in [-0.15, -0.1) is 0 Å². The molecule has 88 valence electrons. The zero-order valence-corrected chi connectivity index (χ0v) is 10.4. The number of fused-ring (bicyclic) bond motifs is 1. The molecule has 2 nitrogen and oxygen atoms in total. The molecule has 16 heavy (non-hydrogen) atoms. The van der Waals surface area contributed by atoms with Crippen molar-refractivity contribution in [2.45, 2.75) is 46.1 Å². The molecule has 0 spiro atoms. The van der Waals surface area contributed by atoms with Gasteiger partial charge in [-0.1, -0.05) is 27.4 Å². The normalized spacial score (nSPS) is 56.9. The average molecular weight is 220 g/mol. The van der Waals surface area contributed by atoms with E-state index in [0.717, 1.165) is 12.3 Å². The van der Waals surface area contributed by atoms with Gasteiger partial charge in [0.05, 0.1) is 0 Å². The molecular formula is C14H20O2. The zero-order valence-electron chi connectivity index (χ0n) is 10.4. The maximum Gasteiger partial charge on any atom is 0.330 e. The van der Waals surface area contributed by atoms with Gasteiger partial charge in [-0.25, -0.2) is 4.79 Å². The van der Waals surface area contributed by atoms with Gasteiger partial charge in [0.15, 0.2) is 0 Å². The second kappa shape index (κ2) is 2.55. The quantitative estimate of drug-likeness (QED) is 0.528. The Hall–Kier alpha value is -0.790. The Morgan fingerprint density at radius 2 is 1.94 bits per heavy atom. The number of hydrogen-bond acceptors (Lipinski definition) is 2. The Morgan fingerprint density at radius 3 is 2.50 bits per heavy atom. The third-order valence-electron chi connectivity index (χ3n) is 6.50. The number of rotatable bonds is 2. The summed E-state index contributed by atoms with van der Waals surface area (Å²) >= 11 is 0. The summed E-state index contributed by atoms with van der Waals surface area (Å²) in [5.41, 5.74) is 1.13. The van der Waals surface area contributed by atoms with E-state index in [1.165, 1.54) is 18.9 Å². The third kappa shape index (κ3) is 0.781. The monoisotopic (exact) mass is 220 g/mol. The summed E-state index contributed by atoms with van der Waals surface area (Å²) in [6.07, 6.45) is 4.95. The maximum atomic E-state index is 11.4. The van der Waals surface area contributed by atoms with Crippen molar-refractivity contribution in [3.05, 3.63) is 12.7 Å². The van der Waals surface area contributed by atoms with E-state index in [1.54, 1.807) is 0 Å². The lowest BCUT2D eigenvalue weighted by atomic mass is 9.74. The molecule has 2 heteroatoms. The van der Waals surface area contributed by atoms with Crippen LogP contribution in [0.3, 0.4) is 0 Å². The summed E-state index contributed by atoms with van der Waals surface area (Å²) in [6.45, 7) is 10.6. The fourth-order valence-electron chi connectivity index (χ4n) is 5.08. The van der Waals surface area contributed by atoms with E-state index in [0.29, 0.717) is 10.8 Å². The zero-order chi connectivity index (χ0) is 11.8. The van der Waals surface area contributed by atoms with Crippen LogP contribution >= 0.6 is 0 Å². The van der Waals surface area contributed by atoms with E-state index < -0.39 is 0 Å². The molecule has 0 aromatic carbocycles. The summed E-state index contributed by atoms with van der Waals surface area (Å²) in [5, 5.41) is 0. The standard InChI is InChI=1S/C14H20O2/c1-5-11(15)16-10-8-9-12(2)6-7-13(10,3)14(9,12)4/h5,9-10H,1,6-8H2,2-4H3. The average Bonchev–Trinajstić information content (AvgIpc) is 2.56. The largest absolute Gasteiger partial charge is 0.459 e. The van der Waals surface area contributed by atoms with Crippen molar-refractivity contribution in [3.63, 3.8) is 0 Å². The second-order valence-corrected chi connectivity index (χ2v) is 6.46. The van der Waals surface area contributed by atoms with Crippen molar-refractivity contribution in [3.8, 4) is 0 Å². The Morgan fingerprint density at radius 1 is 1.31 bits per heavy atom. The molecule has 3 aliphatic rings. The molecule has 3 saturated carbocycles. The van der Waals surface area contributed by atoms with Crippen molar-refractivity contribution in [1.82, 2.24) is 0 Å². The smallest absolute Gasteiger partial charge is 0.330 e. The van der Waals surface area contributed by atoms with Crippen LogP contribution in [0.5, 0.6) is 0 Å². The Kier molecular flexibility index (Phi) is 1.65. The molecule has 0 saturated heterocycles. The highest BCUT2D eigenvalue weighted by Gasteiger charge is 2.86. The van der Waals surface area contributed by atoms with Crippen molar-refractivity contribution in [2.75, 3.05) is 0 Å². The van der Waals surface area contributed by atoms with Crippen LogP contribution in [-0.2, 0) is 9.53 Å². The van der Waals surface area contributed by atoms with Crippen LogP contribution in [0.15, 0.2) is 12.7 Å². The fraction of sp³-hybridized carbons (Fsp3) is 0.786. The maximum absolute atomic E-state index is 11.4. The molecule has 3 rings (SSSR count). The first kappa shape index (κ1) is 10.4. The number of carbonyl (C=O) groups is 1. The molecule has 3 aliphatic carbocycles. The van der Waals surface area contributed by atoms with E-state index in [2.05, 4.69) is 27.4 Å². The number of esters is 1. The minimum absolute atomic E-state index is 0.114. The highest BCUT2D eigenvalue weighted by molar-refractivity contribution is 5.81.